The minimum Gasteiger partial charge on any atom is -0.455 e. The molecular formula is C30H38O9. The smallest absolute Gasteiger partial charge is 0.338 e. The van der Waals surface area contributed by atoms with Gasteiger partial charge in [0.2, 0.25) is 0 Å². The van der Waals surface area contributed by atoms with Crippen molar-refractivity contribution in [3.05, 3.63) is 47.0 Å². The monoisotopic (exact) mass is 542 g/mol. The molecule has 9 heteroatoms. The molecule has 1 aromatic carbocycles. The zero-order chi connectivity index (χ0) is 28.7. The van der Waals surface area contributed by atoms with Crippen LogP contribution in [-0.4, -0.2) is 75.3 Å². The molecule has 0 spiro atoms. The van der Waals surface area contributed by atoms with Crippen LogP contribution in [0, 0.1) is 22.7 Å². The van der Waals surface area contributed by atoms with Crippen molar-refractivity contribution in [3.63, 3.8) is 0 Å². The van der Waals surface area contributed by atoms with E-state index in [2.05, 4.69) is 0 Å². The van der Waals surface area contributed by atoms with E-state index in [9.17, 15) is 29.7 Å². The number of aliphatic hydroxyl groups is 3. The molecule has 5 rings (SSSR count). The Morgan fingerprint density at radius 3 is 2.31 bits per heavy atom. The van der Waals surface area contributed by atoms with Crippen molar-refractivity contribution in [1.82, 2.24) is 0 Å². The summed E-state index contributed by atoms with van der Waals surface area (Å²) in [6, 6.07) is 8.26. The van der Waals surface area contributed by atoms with Crippen LogP contribution in [-0.2, 0) is 23.8 Å². The fraction of sp³-hybridized carbons (Fsp3) is 0.633. The summed E-state index contributed by atoms with van der Waals surface area (Å²) < 4.78 is 17.9. The van der Waals surface area contributed by atoms with Crippen molar-refractivity contribution in [2.75, 3.05) is 6.61 Å². The number of esters is 2. The molecule has 39 heavy (non-hydrogen) atoms. The van der Waals surface area contributed by atoms with Gasteiger partial charge in [-0.2, -0.15) is 0 Å². The Hall–Kier alpha value is -2.59. The SMILES string of the molecule is CC(=O)O[C@@]12CO[C@@H]1C[C@H](O)[C@@]1(C)C(=O)C(C)C3=C(C)[C@@H](O)C[C@@](O)([C@@H](OC(=O)c4ccccc4)[C@H]21)C3(C)C. The molecule has 0 radical (unpaired) electrons. The highest BCUT2D eigenvalue weighted by Crippen LogP contribution is 2.64. The number of ketones is 1. The molecule has 3 aliphatic carbocycles. The number of carbonyl (C=O) groups excluding carboxylic acids is 3. The van der Waals surface area contributed by atoms with E-state index in [0.29, 0.717) is 11.1 Å². The first kappa shape index (κ1) is 28.0. The van der Waals surface area contributed by atoms with Crippen molar-refractivity contribution in [1.29, 1.82) is 0 Å². The maximum Gasteiger partial charge on any atom is 0.338 e. The molecule has 0 aromatic heterocycles. The lowest BCUT2D eigenvalue weighted by Crippen LogP contribution is -2.81. The second kappa shape index (κ2) is 8.96. The minimum atomic E-state index is -1.91. The molecule has 9 nitrogen and oxygen atoms in total. The Labute approximate surface area is 228 Å². The summed E-state index contributed by atoms with van der Waals surface area (Å²) in [4.78, 5) is 40.6. The van der Waals surface area contributed by atoms with Crippen LogP contribution in [0.1, 0.15) is 64.7 Å². The van der Waals surface area contributed by atoms with Crippen LogP contribution in [0.3, 0.4) is 0 Å². The van der Waals surface area contributed by atoms with Gasteiger partial charge in [-0.3, -0.25) is 9.59 Å². The number of benzene rings is 1. The number of fused-ring (bicyclic) bond motifs is 5. The Morgan fingerprint density at radius 1 is 1.10 bits per heavy atom. The van der Waals surface area contributed by atoms with Crippen LogP contribution in [0.4, 0.5) is 0 Å². The topological polar surface area (TPSA) is 140 Å². The van der Waals surface area contributed by atoms with Crippen molar-refractivity contribution in [2.45, 2.75) is 90.0 Å². The maximum absolute atomic E-state index is 14.5. The summed E-state index contributed by atoms with van der Waals surface area (Å²) in [5.74, 6) is -3.66. The number of rotatable bonds is 3. The Morgan fingerprint density at radius 2 is 1.74 bits per heavy atom. The maximum atomic E-state index is 14.5. The molecule has 3 N–H and O–H groups in total. The Bertz CT molecular complexity index is 1240. The van der Waals surface area contributed by atoms with Gasteiger partial charge in [-0.1, -0.05) is 39.0 Å². The van der Waals surface area contributed by atoms with E-state index in [-0.39, 0.29) is 30.8 Å². The van der Waals surface area contributed by atoms with E-state index >= 15 is 0 Å². The number of hydrogen-bond donors (Lipinski definition) is 3. The fourth-order valence-electron chi connectivity index (χ4n) is 8.16. The van der Waals surface area contributed by atoms with Gasteiger partial charge in [0.15, 0.2) is 5.60 Å². The van der Waals surface area contributed by atoms with Gasteiger partial charge in [0.05, 0.1) is 35.7 Å². The summed E-state index contributed by atoms with van der Waals surface area (Å²) in [5, 5.41) is 35.5. The third kappa shape index (κ3) is 3.63. The van der Waals surface area contributed by atoms with Crippen LogP contribution in [0.2, 0.25) is 0 Å². The van der Waals surface area contributed by atoms with Crippen LogP contribution in [0.5, 0.6) is 0 Å². The fourth-order valence-corrected chi connectivity index (χ4v) is 8.16. The molecule has 212 valence electrons. The first-order chi connectivity index (χ1) is 18.1. The van der Waals surface area contributed by atoms with E-state index in [1.165, 1.54) is 6.92 Å². The van der Waals surface area contributed by atoms with Gasteiger partial charge in [0.25, 0.3) is 0 Å². The molecule has 1 unspecified atom stereocenters. The average molecular weight is 543 g/mol. The molecule has 3 fully saturated rings. The van der Waals surface area contributed by atoms with Crippen LogP contribution in [0.15, 0.2) is 41.5 Å². The highest BCUT2D eigenvalue weighted by molar-refractivity contribution is 5.92. The van der Waals surface area contributed by atoms with E-state index in [1.807, 2.05) is 0 Å². The molecule has 9 atom stereocenters. The van der Waals surface area contributed by atoms with Gasteiger partial charge in [0, 0.05) is 31.1 Å². The van der Waals surface area contributed by atoms with E-state index in [4.69, 9.17) is 14.2 Å². The predicted molar refractivity (Wildman–Crippen MR) is 138 cm³/mol. The number of aliphatic hydroxyl groups excluding tert-OH is 2. The average Bonchev–Trinajstić information content (AvgIpc) is 2.87. The van der Waals surface area contributed by atoms with Crippen LogP contribution in [0.25, 0.3) is 0 Å². The molecule has 1 aliphatic heterocycles. The molecule has 2 bridgehead atoms. The van der Waals surface area contributed by atoms with Crippen LogP contribution < -0.4 is 0 Å². The molecule has 0 amide bonds. The quantitative estimate of drug-likeness (QED) is 0.388. The van der Waals surface area contributed by atoms with E-state index < -0.39 is 70.2 Å². The Kier molecular flexibility index (Phi) is 6.42. The van der Waals surface area contributed by atoms with Gasteiger partial charge < -0.3 is 29.5 Å². The number of ether oxygens (including phenoxy) is 3. The summed E-state index contributed by atoms with van der Waals surface area (Å²) in [5.41, 5.74) is -4.73. The minimum absolute atomic E-state index is 0.0283. The van der Waals surface area contributed by atoms with E-state index in [0.717, 1.165) is 0 Å². The summed E-state index contributed by atoms with van der Waals surface area (Å²) in [7, 11) is 0. The second-order valence-electron chi connectivity index (χ2n) is 12.5. The first-order valence-corrected chi connectivity index (χ1v) is 13.5. The molecule has 1 saturated heterocycles. The number of hydrogen-bond acceptors (Lipinski definition) is 9. The standard InChI is InChI=1S/C30H38O9/c1-15-19(32)13-30(36)25(38-26(35)18-10-8-7-9-11-18)23-28(6,24(34)16(2)22(15)27(30,4)5)20(33)12-21-29(23,14-37-21)39-17(3)31/h7-11,16,19-21,23,25,32-33,36H,12-14H2,1-6H3/t16?,19-,20-,21+,23-,25-,28+,29-,30+/m0/s1. The van der Waals surface area contributed by atoms with Crippen LogP contribution >= 0.6 is 0 Å². The summed E-state index contributed by atoms with van der Waals surface area (Å²) in [6.45, 7) is 9.78. The van der Waals surface area contributed by atoms with Gasteiger partial charge >= 0.3 is 11.9 Å². The predicted octanol–water partition coefficient (Wildman–Crippen LogP) is 2.36. The normalized spacial score (nSPS) is 42.7. The lowest BCUT2D eigenvalue weighted by molar-refractivity contribution is -0.345. The molecule has 2 saturated carbocycles. The second-order valence-corrected chi connectivity index (χ2v) is 12.5. The Balaban J connectivity index is 1.81. The van der Waals surface area contributed by atoms with Crippen molar-refractivity contribution in [3.8, 4) is 0 Å². The molecule has 1 aromatic rings. The first-order valence-electron chi connectivity index (χ1n) is 13.5. The van der Waals surface area contributed by atoms with Gasteiger partial charge in [-0.25, -0.2) is 4.79 Å². The zero-order valence-electron chi connectivity index (χ0n) is 23.3. The number of Topliss-reactive ketones (excluding diaryl/α,β-unsaturated/α-hetero) is 1. The zero-order valence-corrected chi connectivity index (χ0v) is 23.3. The van der Waals surface area contributed by atoms with Gasteiger partial charge in [0.1, 0.15) is 23.6 Å². The van der Waals surface area contributed by atoms with Crippen molar-refractivity contribution >= 4 is 17.7 Å². The van der Waals surface area contributed by atoms with Crippen molar-refractivity contribution in [2.24, 2.45) is 22.7 Å². The summed E-state index contributed by atoms with van der Waals surface area (Å²) in [6.07, 6.45) is -4.73. The van der Waals surface area contributed by atoms with Gasteiger partial charge in [-0.05, 0) is 37.1 Å². The van der Waals surface area contributed by atoms with Gasteiger partial charge in [-0.15, -0.1) is 0 Å². The van der Waals surface area contributed by atoms with Crippen molar-refractivity contribution < 1.29 is 43.9 Å². The molecule has 1 heterocycles. The third-order valence-corrected chi connectivity index (χ3v) is 10.2. The highest BCUT2D eigenvalue weighted by Gasteiger charge is 2.77. The van der Waals surface area contributed by atoms with E-state index in [1.54, 1.807) is 65.0 Å². The highest BCUT2D eigenvalue weighted by atomic mass is 16.6. The third-order valence-electron chi connectivity index (χ3n) is 10.2. The molecule has 4 aliphatic rings. The number of carbonyl (C=O) groups is 3. The lowest BCUT2D eigenvalue weighted by Gasteiger charge is -2.67. The largest absolute Gasteiger partial charge is 0.455 e. The molecular weight excluding hydrogens is 504 g/mol. The summed E-state index contributed by atoms with van der Waals surface area (Å²) >= 11 is 0. The lowest BCUT2D eigenvalue weighted by atomic mass is 9.43.